The van der Waals surface area contributed by atoms with Crippen molar-refractivity contribution in [2.24, 2.45) is 5.92 Å². The summed E-state index contributed by atoms with van der Waals surface area (Å²) in [6.07, 6.45) is 2.83. The monoisotopic (exact) mass is 312 g/mol. The van der Waals surface area contributed by atoms with Gasteiger partial charge in [-0.25, -0.2) is 13.8 Å². The normalized spacial score (nSPS) is 14.3. The van der Waals surface area contributed by atoms with Gasteiger partial charge in [-0.3, -0.25) is 9.36 Å². The number of halogens is 2. The summed E-state index contributed by atoms with van der Waals surface area (Å²) in [7, 11) is 0. The Hall–Kier alpha value is -2.56. The van der Waals surface area contributed by atoms with Crippen LogP contribution in [0.4, 0.5) is 8.78 Å². The first-order chi connectivity index (χ1) is 11.1. The zero-order valence-corrected chi connectivity index (χ0v) is 12.3. The summed E-state index contributed by atoms with van der Waals surface area (Å²) in [6, 6.07) is 10.2. The second-order valence-electron chi connectivity index (χ2n) is 5.93. The lowest BCUT2D eigenvalue weighted by atomic mass is 10.2. The first kappa shape index (κ1) is 14.1. The molecule has 1 aliphatic rings. The average molecular weight is 312 g/mol. The molecule has 0 aliphatic heterocycles. The molecular weight excluding hydrogens is 298 g/mol. The lowest BCUT2D eigenvalue weighted by Gasteiger charge is -2.13. The average Bonchev–Trinajstić information content (AvgIpc) is 3.31. The van der Waals surface area contributed by atoms with Crippen LogP contribution in [0.15, 0.2) is 47.3 Å². The quantitative estimate of drug-likeness (QED) is 0.740. The van der Waals surface area contributed by atoms with Gasteiger partial charge in [-0.2, -0.15) is 0 Å². The molecule has 2 aromatic carbocycles. The maximum Gasteiger partial charge on any atom is 0.268 e. The summed E-state index contributed by atoms with van der Waals surface area (Å²) < 4.78 is 29.0. The highest BCUT2D eigenvalue weighted by molar-refractivity contribution is 5.78. The molecule has 0 spiro atoms. The third-order valence-electron chi connectivity index (χ3n) is 4.15. The molecule has 4 rings (SSSR count). The van der Waals surface area contributed by atoms with Gasteiger partial charge >= 0.3 is 0 Å². The Morgan fingerprint density at radius 3 is 2.65 bits per heavy atom. The summed E-state index contributed by atoms with van der Waals surface area (Å²) in [5.74, 6) is -0.00236. The topological polar surface area (TPSA) is 34.9 Å². The SMILES string of the molecule is O=c1c2c(F)cccc2nc(CC2CC2)n1-c1cccc(F)c1. The summed E-state index contributed by atoms with van der Waals surface area (Å²) in [5, 5.41) is -0.0590. The second-order valence-corrected chi connectivity index (χ2v) is 5.93. The molecule has 1 fully saturated rings. The predicted molar refractivity (Wildman–Crippen MR) is 83.7 cm³/mol. The van der Waals surface area contributed by atoms with Crippen molar-refractivity contribution in [1.29, 1.82) is 0 Å². The zero-order valence-electron chi connectivity index (χ0n) is 12.3. The van der Waals surface area contributed by atoms with E-state index in [1.54, 1.807) is 12.1 Å². The molecule has 0 amide bonds. The van der Waals surface area contributed by atoms with E-state index in [2.05, 4.69) is 4.98 Å². The minimum Gasteiger partial charge on any atom is -0.268 e. The minimum absolute atomic E-state index is 0.0590. The maximum atomic E-state index is 14.1. The van der Waals surface area contributed by atoms with Gasteiger partial charge in [-0.05, 0) is 49.1 Å². The van der Waals surface area contributed by atoms with Crippen LogP contribution in [0, 0.1) is 17.6 Å². The Balaban J connectivity index is 2.04. The smallest absolute Gasteiger partial charge is 0.268 e. The van der Waals surface area contributed by atoms with Crippen molar-refractivity contribution < 1.29 is 8.78 Å². The highest BCUT2D eigenvalue weighted by atomic mass is 19.1. The Bertz CT molecular complexity index is 961. The van der Waals surface area contributed by atoms with Crippen LogP contribution in [0.5, 0.6) is 0 Å². The number of fused-ring (bicyclic) bond motifs is 1. The summed E-state index contributed by atoms with van der Waals surface area (Å²) >= 11 is 0. The van der Waals surface area contributed by atoms with Crippen molar-refractivity contribution in [3.05, 3.63) is 70.3 Å². The predicted octanol–water partition coefficient (Wildman–Crippen LogP) is 3.62. The Morgan fingerprint density at radius 1 is 1.13 bits per heavy atom. The number of hydrogen-bond donors (Lipinski definition) is 0. The molecule has 1 saturated carbocycles. The van der Waals surface area contributed by atoms with Gasteiger partial charge in [0.05, 0.1) is 11.2 Å². The molecule has 0 atom stereocenters. The van der Waals surface area contributed by atoms with E-state index in [1.165, 1.54) is 34.9 Å². The zero-order chi connectivity index (χ0) is 16.0. The minimum atomic E-state index is -0.608. The fourth-order valence-electron chi connectivity index (χ4n) is 2.83. The van der Waals surface area contributed by atoms with Gasteiger partial charge in [0.15, 0.2) is 0 Å². The summed E-state index contributed by atoms with van der Waals surface area (Å²) in [5.41, 5.74) is 0.232. The largest absolute Gasteiger partial charge is 0.268 e. The van der Waals surface area contributed by atoms with Crippen molar-refractivity contribution in [3.63, 3.8) is 0 Å². The van der Waals surface area contributed by atoms with Gasteiger partial charge in [-0.15, -0.1) is 0 Å². The molecule has 3 aromatic rings. The number of hydrogen-bond acceptors (Lipinski definition) is 2. The van der Waals surface area contributed by atoms with Crippen molar-refractivity contribution in [1.82, 2.24) is 9.55 Å². The lowest BCUT2D eigenvalue weighted by Crippen LogP contribution is -2.25. The van der Waals surface area contributed by atoms with Crippen molar-refractivity contribution in [2.45, 2.75) is 19.3 Å². The molecule has 116 valence electrons. The Kier molecular flexibility index (Phi) is 3.22. The number of nitrogens with zero attached hydrogens (tertiary/aromatic N) is 2. The molecule has 0 saturated heterocycles. The molecule has 0 unspecified atom stereocenters. The Labute approximate surface area is 131 Å². The van der Waals surface area contributed by atoms with E-state index in [0.29, 0.717) is 29.4 Å². The van der Waals surface area contributed by atoms with Gasteiger partial charge in [0, 0.05) is 6.42 Å². The van der Waals surface area contributed by atoms with Crippen LogP contribution in [0.2, 0.25) is 0 Å². The van der Waals surface area contributed by atoms with E-state index in [9.17, 15) is 13.6 Å². The highest BCUT2D eigenvalue weighted by Crippen LogP contribution is 2.32. The van der Waals surface area contributed by atoms with E-state index in [-0.39, 0.29) is 5.39 Å². The maximum absolute atomic E-state index is 14.1. The fourth-order valence-corrected chi connectivity index (χ4v) is 2.83. The molecule has 1 aliphatic carbocycles. The van der Waals surface area contributed by atoms with Gasteiger partial charge in [0.2, 0.25) is 0 Å². The third-order valence-corrected chi connectivity index (χ3v) is 4.15. The van der Waals surface area contributed by atoms with E-state index < -0.39 is 17.2 Å². The van der Waals surface area contributed by atoms with E-state index >= 15 is 0 Å². The van der Waals surface area contributed by atoms with Gasteiger partial charge in [0.25, 0.3) is 5.56 Å². The molecule has 1 aromatic heterocycles. The van der Waals surface area contributed by atoms with Gasteiger partial charge in [-0.1, -0.05) is 12.1 Å². The second kappa shape index (κ2) is 5.26. The van der Waals surface area contributed by atoms with Gasteiger partial charge in [0.1, 0.15) is 22.8 Å². The van der Waals surface area contributed by atoms with Crippen LogP contribution in [-0.2, 0) is 6.42 Å². The standard InChI is InChI=1S/C18H14F2N2O/c19-12-3-1-4-13(10-12)22-16(9-11-7-8-11)21-15-6-2-5-14(20)17(15)18(22)23/h1-6,10-11H,7-9H2. The number of rotatable bonds is 3. The van der Waals surface area contributed by atoms with Crippen LogP contribution >= 0.6 is 0 Å². The molecule has 1 heterocycles. The first-order valence-electron chi connectivity index (χ1n) is 7.59. The molecular formula is C18H14F2N2O. The molecule has 5 heteroatoms. The highest BCUT2D eigenvalue weighted by Gasteiger charge is 2.25. The number of aromatic nitrogens is 2. The molecule has 23 heavy (non-hydrogen) atoms. The van der Waals surface area contributed by atoms with Crippen molar-refractivity contribution in [2.75, 3.05) is 0 Å². The first-order valence-corrected chi connectivity index (χ1v) is 7.59. The third kappa shape index (κ3) is 2.52. The van der Waals surface area contributed by atoms with Crippen molar-refractivity contribution >= 4 is 10.9 Å². The summed E-state index contributed by atoms with van der Waals surface area (Å²) in [6.45, 7) is 0. The van der Waals surface area contributed by atoms with Crippen LogP contribution in [0.3, 0.4) is 0 Å². The fraction of sp³-hybridized carbons (Fsp3) is 0.222. The Morgan fingerprint density at radius 2 is 1.91 bits per heavy atom. The van der Waals surface area contributed by atoms with Crippen molar-refractivity contribution in [3.8, 4) is 5.69 Å². The van der Waals surface area contributed by atoms with Crippen LogP contribution in [-0.4, -0.2) is 9.55 Å². The van der Waals surface area contributed by atoms with Crippen LogP contribution < -0.4 is 5.56 Å². The molecule has 3 nitrogen and oxygen atoms in total. The van der Waals surface area contributed by atoms with Gasteiger partial charge < -0.3 is 0 Å². The molecule has 0 radical (unpaired) electrons. The molecule has 0 bridgehead atoms. The van der Waals surface area contributed by atoms with E-state index in [4.69, 9.17) is 0 Å². The van der Waals surface area contributed by atoms with E-state index in [0.717, 1.165) is 12.8 Å². The lowest BCUT2D eigenvalue weighted by molar-refractivity contribution is 0.624. The van der Waals surface area contributed by atoms with Crippen LogP contribution in [0.25, 0.3) is 16.6 Å². The molecule has 0 N–H and O–H groups in total. The summed E-state index contributed by atoms with van der Waals surface area (Å²) in [4.78, 5) is 17.3. The van der Waals surface area contributed by atoms with Crippen LogP contribution in [0.1, 0.15) is 18.7 Å². The van der Waals surface area contributed by atoms with E-state index in [1.807, 2.05) is 0 Å². The number of benzene rings is 2.